The van der Waals surface area contributed by atoms with E-state index in [2.05, 4.69) is 22.4 Å². The molecular weight excluding hydrogens is 245 g/mol. The smallest absolute Gasteiger partial charge is 0.226 e. The molecule has 0 aliphatic rings. The number of halogens is 1. The van der Waals surface area contributed by atoms with E-state index >= 15 is 0 Å². The largest absolute Gasteiger partial charge is 0.339 e. The van der Waals surface area contributed by atoms with Crippen LogP contribution in [0.25, 0.3) is 0 Å². The summed E-state index contributed by atoms with van der Waals surface area (Å²) >= 11 is 0. The summed E-state index contributed by atoms with van der Waals surface area (Å²) in [5, 5.41) is 7.07. The second kappa shape index (κ2) is 6.43. The summed E-state index contributed by atoms with van der Waals surface area (Å²) in [6.07, 6.45) is 2.19. The molecule has 0 saturated heterocycles. The topological polar surface area (TPSA) is 51.0 Å². The lowest BCUT2D eigenvalue weighted by Gasteiger charge is -2.04. The molecule has 1 N–H and O–H groups in total. The number of aromatic nitrogens is 2. The predicted octanol–water partition coefficient (Wildman–Crippen LogP) is 2.14. The van der Waals surface area contributed by atoms with Crippen LogP contribution in [0.4, 0.5) is 4.39 Å². The quantitative estimate of drug-likeness (QED) is 0.867. The minimum absolute atomic E-state index is 0.218. The highest BCUT2D eigenvalue weighted by Crippen LogP contribution is 2.08. The third-order valence-corrected chi connectivity index (χ3v) is 3.03. The first-order valence-electron chi connectivity index (χ1n) is 6.40. The third kappa shape index (κ3) is 4.13. The highest BCUT2D eigenvalue weighted by Gasteiger charge is 2.09. The van der Waals surface area contributed by atoms with E-state index in [1.807, 2.05) is 7.05 Å². The Morgan fingerprint density at radius 1 is 1.26 bits per heavy atom. The van der Waals surface area contributed by atoms with Crippen LogP contribution in [-0.2, 0) is 19.3 Å². The Labute approximate surface area is 112 Å². The van der Waals surface area contributed by atoms with Crippen molar-refractivity contribution < 1.29 is 8.91 Å². The molecule has 1 aromatic heterocycles. The van der Waals surface area contributed by atoms with E-state index in [1.165, 1.54) is 12.1 Å². The van der Waals surface area contributed by atoms with Crippen LogP contribution in [0.3, 0.4) is 0 Å². The van der Waals surface area contributed by atoms with Crippen LogP contribution >= 0.6 is 0 Å². The Hall–Kier alpha value is -1.75. The van der Waals surface area contributed by atoms with E-state index < -0.39 is 0 Å². The van der Waals surface area contributed by atoms with Gasteiger partial charge in [-0.25, -0.2) is 4.39 Å². The molecule has 5 heteroatoms. The summed E-state index contributed by atoms with van der Waals surface area (Å²) in [6, 6.07) is 6.79. The van der Waals surface area contributed by atoms with Gasteiger partial charge in [-0.1, -0.05) is 17.3 Å². The molecule has 4 nitrogen and oxygen atoms in total. The van der Waals surface area contributed by atoms with E-state index in [0.29, 0.717) is 18.4 Å². The summed E-state index contributed by atoms with van der Waals surface area (Å²) < 4.78 is 18.0. The molecule has 0 spiro atoms. The summed E-state index contributed by atoms with van der Waals surface area (Å²) in [6.45, 7) is 2.06. The lowest BCUT2D eigenvalue weighted by atomic mass is 10.1. The van der Waals surface area contributed by atoms with Gasteiger partial charge in [0.2, 0.25) is 5.89 Å². The highest BCUT2D eigenvalue weighted by atomic mass is 19.1. The van der Waals surface area contributed by atoms with Crippen LogP contribution < -0.4 is 5.32 Å². The van der Waals surface area contributed by atoms with Gasteiger partial charge in [-0.3, -0.25) is 0 Å². The van der Waals surface area contributed by atoms with Gasteiger partial charge < -0.3 is 9.84 Å². The van der Waals surface area contributed by atoms with Crippen molar-refractivity contribution in [3.05, 3.63) is 47.4 Å². The molecule has 0 fully saturated rings. The van der Waals surface area contributed by atoms with Crippen molar-refractivity contribution in [1.82, 2.24) is 15.5 Å². The molecule has 0 bridgehead atoms. The predicted molar refractivity (Wildman–Crippen MR) is 70.3 cm³/mol. The van der Waals surface area contributed by atoms with Crippen molar-refractivity contribution in [1.29, 1.82) is 0 Å². The minimum Gasteiger partial charge on any atom is -0.339 e. The first-order valence-corrected chi connectivity index (χ1v) is 6.40. The van der Waals surface area contributed by atoms with Crippen LogP contribution in [-0.4, -0.2) is 23.2 Å². The van der Waals surface area contributed by atoms with Gasteiger partial charge in [-0.2, -0.15) is 4.98 Å². The number of rotatable bonds is 6. The molecule has 1 unspecified atom stereocenters. The maximum absolute atomic E-state index is 12.8. The number of aryl methyl sites for hydroxylation is 2. The van der Waals surface area contributed by atoms with Crippen molar-refractivity contribution in [3.8, 4) is 0 Å². The Morgan fingerprint density at radius 3 is 2.68 bits per heavy atom. The lowest BCUT2D eigenvalue weighted by Crippen LogP contribution is -2.24. The first kappa shape index (κ1) is 13.7. The molecule has 0 amide bonds. The van der Waals surface area contributed by atoms with Crippen LogP contribution in [0.1, 0.15) is 24.2 Å². The molecular formula is C14H18FN3O. The zero-order chi connectivity index (χ0) is 13.7. The monoisotopic (exact) mass is 263 g/mol. The molecule has 0 aliphatic heterocycles. The van der Waals surface area contributed by atoms with E-state index in [1.54, 1.807) is 12.1 Å². The fourth-order valence-electron chi connectivity index (χ4n) is 1.75. The molecule has 0 radical (unpaired) electrons. The molecule has 1 aromatic carbocycles. The summed E-state index contributed by atoms with van der Waals surface area (Å²) in [4.78, 5) is 4.34. The van der Waals surface area contributed by atoms with Gasteiger partial charge in [0.1, 0.15) is 5.82 Å². The van der Waals surface area contributed by atoms with E-state index in [9.17, 15) is 4.39 Å². The Kier molecular flexibility index (Phi) is 4.63. The second-order valence-electron chi connectivity index (χ2n) is 4.62. The number of nitrogens with one attached hydrogen (secondary N) is 1. The van der Waals surface area contributed by atoms with Gasteiger partial charge >= 0.3 is 0 Å². The average molecular weight is 263 g/mol. The van der Waals surface area contributed by atoms with Gasteiger partial charge in [0.05, 0.1) is 0 Å². The molecule has 0 saturated carbocycles. The van der Waals surface area contributed by atoms with E-state index in [4.69, 9.17) is 4.52 Å². The number of hydrogen-bond donors (Lipinski definition) is 1. The zero-order valence-electron chi connectivity index (χ0n) is 11.2. The van der Waals surface area contributed by atoms with Crippen molar-refractivity contribution in [2.45, 2.75) is 32.2 Å². The van der Waals surface area contributed by atoms with Crippen LogP contribution in [0.2, 0.25) is 0 Å². The maximum atomic E-state index is 12.8. The molecule has 2 aromatic rings. The van der Waals surface area contributed by atoms with Gasteiger partial charge in [0.15, 0.2) is 5.82 Å². The zero-order valence-corrected chi connectivity index (χ0v) is 11.2. The van der Waals surface area contributed by atoms with Crippen molar-refractivity contribution in [2.75, 3.05) is 7.05 Å². The third-order valence-electron chi connectivity index (χ3n) is 3.03. The van der Waals surface area contributed by atoms with Gasteiger partial charge in [-0.05, 0) is 38.1 Å². The summed E-state index contributed by atoms with van der Waals surface area (Å²) in [5.41, 5.74) is 1.06. The first-order chi connectivity index (χ1) is 9.17. The van der Waals surface area contributed by atoms with Crippen molar-refractivity contribution in [2.24, 2.45) is 0 Å². The molecule has 1 heterocycles. The number of benzene rings is 1. The van der Waals surface area contributed by atoms with Crippen molar-refractivity contribution in [3.63, 3.8) is 0 Å². The van der Waals surface area contributed by atoms with Crippen LogP contribution in [0, 0.1) is 5.82 Å². The minimum atomic E-state index is -0.218. The molecule has 102 valence electrons. The average Bonchev–Trinajstić information content (AvgIpc) is 2.85. The highest BCUT2D eigenvalue weighted by molar-refractivity contribution is 5.16. The standard InChI is InChI=1S/C14H18FN3O/c1-10(16-2)9-13-17-14(19-18-13)8-5-11-3-6-12(15)7-4-11/h3-4,6-7,10,16H,5,8-9H2,1-2H3. The molecule has 1 atom stereocenters. The van der Waals surface area contributed by atoms with Gasteiger partial charge in [-0.15, -0.1) is 0 Å². The molecule has 0 aliphatic carbocycles. The van der Waals surface area contributed by atoms with E-state index in [0.717, 1.165) is 24.2 Å². The van der Waals surface area contributed by atoms with Gasteiger partial charge in [0.25, 0.3) is 0 Å². The maximum Gasteiger partial charge on any atom is 0.226 e. The number of nitrogens with zero attached hydrogens (tertiary/aromatic N) is 2. The molecule has 19 heavy (non-hydrogen) atoms. The Balaban J connectivity index is 1.88. The fraction of sp³-hybridized carbons (Fsp3) is 0.429. The van der Waals surface area contributed by atoms with Crippen LogP contribution in [0.15, 0.2) is 28.8 Å². The Bertz CT molecular complexity index is 510. The SMILES string of the molecule is CNC(C)Cc1noc(CCc2ccc(F)cc2)n1. The summed E-state index contributed by atoms with van der Waals surface area (Å²) in [5.74, 6) is 1.13. The number of hydrogen-bond acceptors (Lipinski definition) is 4. The van der Waals surface area contributed by atoms with Crippen molar-refractivity contribution >= 4 is 0 Å². The fourth-order valence-corrected chi connectivity index (χ4v) is 1.75. The number of likely N-dealkylation sites (N-methyl/N-ethyl adjacent to an activating group) is 1. The van der Waals surface area contributed by atoms with Crippen LogP contribution in [0.5, 0.6) is 0 Å². The Morgan fingerprint density at radius 2 is 2.00 bits per heavy atom. The lowest BCUT2D eigenvalue weighted by molar-refractivity contribution is 0.371. The van der Waals surface area contributed by atoms with Gasteiger partial charge in [0, 0.05) is 18.9 Å². The summed E-state index contributed by atoms with van der Waals surface area (Å²) in [7, 11) is 1.90. The van der Waals surface area contributed by atoms with E-state index in [-0.39, 0.29) is 5.82 Å². The molecule has 2 rings (SSSR count). The second-order valence-corrected chi connectivity index (χ2v) is 4.62. The normalized spacial score (nSPS) is 12.6.